The molecule has 1 saturated carbocycles. The highest BCUT2D eigenvalue weighted by Gasteiger charge is 2.24. The molecule has 2 aliphatic rings. The maximum atomic E-state index is 12.3. The van der Waals surface area contributed by atoms with E-state index < -0.39 is 0 Å². The van der Waals surface area contributed by atoms with Crippen molar-refractivity contribution in [1.29, 1.82) is 0 Å². The molecule has 1 aliphatic heterocycles. The van der Waals surface area contributed by atoms with E-state index in [0.717, 1.165) is 38.8 Å². The third-order valence-corrected chi connectivity index (χ3v) is 3.68. The molecule has 19 heavy (non-hydrogen) atoms. The fraction of sp³-hybridized carbons (Fsp3) is 0.467. The van der Waals surface area contributed by atoms with E-state index >= 15 is 0 Å². The minimum Gasteiger partial charge on any atom is -0.349 e. The van der Waals surface area contributed by atoms with E-state index in [1.54, 1.807) is 24.3 Å². The summed E-state index contributed by atoms with van der Waals surface area (Å²) in [6.45, 7) is 1.66. The minimum absolute atomic E-state index is 0.0403. The van der Waals surface area contributed by atoms with Crippen molar-refractivity contribution in [3.63, 3.8) is 0 Å². The van der Waals surface area contributed by atoms with Crippen LogP contribution in [0.25, 0.3) is 0 Å². The molecule has 1 aromatic rings. The molecule has 4 nitrogen and oxygen atoms in total. The molecule has 0 aromatic heterocycles. The topological polar surface area (TPSA) is 49.4 Å². The van der Waals surface area contributed by atoms with Crippen molar-refractivity contribution in [2.75, 3.05) is 13.1 Å². The van der Waals surface area contributed by atoms with Crippen molar-refractivity contribution in [3.8, 4) is 0 Å². The molecule has 2 fully saturated rings. The molecule has 0 atom stereocenters. The summed E-state index contributed by atoms with van der Waals surface area (Å²) in [5, 5.41) is 2.94. The second-order valence-corrected chi connectivity index (χ2v) is 5.33. The summed E-state index contributed by atoms with van der Waals surface area (Å²) in [5.74, 6) is -0.0304. The Kier molecular flexibility index (Phi) is 3.23. The van der Waals surface area contributed by atoms with Gasteiger partial charge in [0.25, 0.3) is 11.8 Å². The predicted molar refractivity (Wildman–Crippen MR) is 72.1 cm³/mol. The van der Waals surface area contributed by atoms with Gasteiger partial charge in [0.1, 0.15) is 0 Å². The zero-order valence-corrected chi connectivity index (χ0v) is 10.9. The summed E-state index contributed by atoms with van der Waals surface area (Å²) in [4.78, 5) is 26.1. The third kappa shape index (κ3) is 2.78. The molecule has 1 N–H and O–H groups in total. The number of nitrogens with one attached hydrogen (secondary N) is 1. The lowest BCUT2D eigenvalue weighted by atomic mass is 10.1. The minimum atomic E-state index is -0.0708. The Morgan fingerprint density at radius 1 is 1.11 bits per heavy atom. The third-order valence-electron chi connectivity index (χ3n) is 3.68. The van der Waals surface area contributed by atoms with Gasteiger partial charge in [0.15, 0.2) is 0 Å². The summed E-state index contributed by atoms with van der Waals surface area (Å²) in [6, 6.07) is 7.38. The Bertz CT molecular complexity index is 503. The highest BCUT2D eigenvalue weighted by Crippen LogP contribution is 2.20. The van der Waals surface area contributed by atoms with E-state index in [4.69, 9.17) is 0 Å². The van der Waals surface area contributed by atoms with Gasteiger partial charge < -0.3 is 10.2 Å². The van der Waals surface area contributed by atoms with Gasteiger partial charge in [-0.2, -0.15) is 0 Å². The van der Waals surface area contributed by atoms with Crippen LogP contribution in [-0.4, -0.2) is 35.8 Å². The number of hydrogen-bond acceptors (Lipinski definition) is 2. The predicted octanol–water partition coefficient (Wildman–Crippen LogP) is 1.81. The van der Waals surface area contributed by atoms with Gasteiger partial charge in [-0.25, -0.2) is 0 Å². The maximum Gasteiger partial charge on any atom is 0.253 e. The molecule has 2 amide bonds. The van der Waals surface area contributed by atoms with Gasteiger partial charge in [0.05, 0.1) is 0 Å². The highest BCUT2D eigenvalue weighted by molar-refractivity contribution is 5.99. The quantitative estimate of drug-likeness (QED) is 0.899. The van der Waals surface area contributed by atoms with Crippen LogP contribution in [0.1, 0.15) is 46.4 Å². The van der Waals surface area contributed by atoms with Crippen LogP contribution in [-0.2, 0) is 0 Å². The lowest BCUT2D eigenvalue weighted by Gasteiger charge is -2.15. The van der Waals surface area contributed by atoms with Crippen LogP contribution in [0.2, 0.25) is 0 Å². The first-order chi connectivity index (χ1) is 9.24. The number of rotatable bonds is 3. The molecular formula is C15H18N2O2. The van der Waals surface area contributed by atoms with Gasteiger partial charge >= 0.3 is 0 Å². The van der Waals surface area contributed by atoms with Crippen molar-refractivity contribution >= 4 is 11.8 Å². The van der Waals surface area contributed by atoms with Gasteiger partial charge in [-0.1, -0.05) is 6.07 Å². The second kappa shape index (κ2) is 5.03. The molecule has 1 aliphatic carbocycles. The normalized spacial score (nSPS) is 18.4. The first-order valence-electron chi connectivity index (χ1n) is 6.94. The summed E-state index contributed by atoms with van der Waals surface area (Å²) < 4.78 is 0. The molecule has 4 heteroatoms. The molecular weight excluding hydrogens is 240 g/mol. The van der Waals surface area contributed by atoms with E-state index in [-0.39, 0.29) is 11.8 Å². The first-order valence-corrected chi connectivity index (χ1v) is 6.94. The fourth-order valence-electron chi connectivity index (χ4n) is 2.39. The summed E-state index contributed by atoms with van der Waals surface area (Å²) >= 11 is 0. The Balaban J connectivity index is 1.74. The largest absolute Gasteiger partial charge is 0.349 e. The summed E-state index contributed by atoms with van der Waals surface area (Å²) in [5.41, 5.74) is 1.20. The maximum absolute atomic E-state index is 12.3. The lowest BCUT2D eigenvalue weighted by molar-refractivity contribution is 0.0793. The Morgan fingerprint density at radius 2 is 1.79 bits per heavy atom. The lowest BCUT2D eigenvalue weighted by Crippen LogP contribution is -2.29. The van der Waals surface area contributed by atoms with Gasteiger partial charge in [-0.05, 0) is 43.9 Å². The fourth-order valence-corrected chi connectivity index (χ4v) is 2.39. The molecule has 0 spiro atoms. The van der Waals surface area contributed by atoms with E-state index in [0.29, 0.717) is 17.2 Å². The van der Waals surface area contributed by atoms with Gasteiger partial charge in [0.2, 0.25) is 0 Å². The van der Waals surface area contributed by atoms with Crippen LogP contribution in [0.5, 0.6) is 0 Å². The van der Waals surface area contributed by atoms with Crippen molar-refractivity contribution in [3.05, 3.63) is 35.4 Å². The molecule has 1 saturated heterocycles. The SMILES string of the molecule is O=C(NC1CC1)c1cccc(C(=O)N2CCCC2)c1. The highest BCUT2D eigenvalue weighted by atomic mass is 16.2. The second-order valence-electron chi connectivity index (χ2n) is 5.33. The number of likely N-dealkylation sites (tertiary alicyclic amines) is 1. The molecule has 1 aromatic carbocycles. The smallest absolute Gasteiger partial charge is 0.253 e. The summed E-state index contributed by atoms with van der Waals surface area (Å²) in [7, 11) is 0. The van der Waals surface area contributed by atoms with E-state index in [1.165, 1.54) is 0 Å². The number of hydrogen-bond donors (Lipinski definition) is 1. The monoisotopic (exact) mass is 258 g/mol. The summed E-state index contributed by atoms with van der Waals surface area (Å²) in [6.07, 6.45) is 4.29. The molecule has 3 rings (SSSR count). The molecule has 0 unspecified atom stereocenters. The van der Waals surface area contributed by atoms with E-state index in [1.807, 2.05) is 4.90 Å². The van der Waals surface area contributed by atoms with Crippen LogP contribution >= 0.6 is 0 Å². The Hall–Kier alpha value is -1.84. The van der Waals surface area contributed by atoms with Crippen molar-refractivity contribution in [1.82, 2.24) is 10.2 Å². The standard InChI is InChI=1S/C15H18N2O2/c18-14(16-13-6-7-13)11-4-3-5-12(10-11)15(19)17-8-1-2-9-17/h3-5,10,13H,1-2,6-9H2,(H,16,18). The zero-order chi connectivity index (χ0) is 13.2. The van der Waals surface area contributed by atoms with Crippen LogP contribution in [0.3, 0.4) is 0 Å². The van der Waals surface area contributed by atoms with Crippen molar-refractivity contribution in [2.24, 2.45) is 0 Å². The molecule has 1 heterocycles. The van der Waals surface area contributed by atoms with Crippen molar-refractivity contribution < 1.29 is 9.59 Å². The average molecular weight is 258 g/mol. The zero-order valence-electron chi connectivity index (χ0n) is 10.9. The van der Waals surface area contributed by atoms with Gasteiger partial charge in [-0.3, -0.25) is 9.59 Å². The number of nitrogens with zero attached hydrogens (tertiary/aromatic N) is 1. The number of benzene rings is 1. The van der Waals surface area contributed by atoms with Gasteiger partial charge in [-0.15, -0.1) is 0 Å². The van der Waals surface area contributed by atoms with Crippen LogP contribution in [0, 0.1) is 0 Å². The van der Waals surface area contributed by atoms with Crippen molar-refractivity contribution in [2.45, 2.75) is 31.7 Å². The molecule has 0 bridgehead atoms. The van der Waals surface area contributed by atoms with E-state index in [9.17, 15) is 9.59 Å². The average Bonchev–Trinajstić information content (AvgIpc) is 3.08. The first kappa shape index (κ1) is 12.2. The number of amides is 2. The molecule has 100 valence electrons. The van der Waals surface area contributed by atoms with Crippen LogP contribution in [0.15, 0.2) is 24.3 Å². The number of carbonyl (C=O) groups excluding carboxylic acids is 2. The van der Waals surface area contributed by atoms with Crippen LogP contribution < -0.4 is 5.32 Å². The Morgan fingerprint density at radius 3 is 2.47 bits per heavy atom. The van der Waals surface area contributed by atoms with Gasteiger partial charge in [0, 0.05) is 30.3 Å². The Labute approximate surface area is 112 Å². The number of carbonyl (C=O) groups is 2. The molecule has 0 radical (unpaired) electrons. The van der Waals surface area contributed by atoms with Crippen LogP contribution in [0.4, 0.5) is 0 Å². The van der Waals surface area contributed by atoms with E-state index in [2.05, 4.69) is 5.32 Å².